The van der Waals surface area contributed by atoms with E-state index < -0.39 is 17.9 Å². The molecule has 1 aliphatic rings. The Morgan fingerprint density at radius 3 is 2.72 bits per heavy atom. The molecular weight excluding hydrogens is 423 g/mol. The highest BCUT2D eigenvalue weighted by molar-refractivity contribution is 5.99. The maximum atomic E-state index is 13.3. The maximum absolute atomic E-state index is 13.3. The molecule has 1 N–H and O–H groups in total. The number of nitrogens with zero attached hydrogens (tertiary/aromatic N) is 4. The van der Waals surface area contributed by atoms with Gasteiger partial charge in [-0.15, -0.1) is 0 Å². The first-order chi connectivity index (χ1) is 15.2. The number of piperazine rings is 1. The van der Waals surface area contributed by atoms with Crippen molar-refractivity contribution in [3.63, 3.8) is 0 Å². The molecule has 1 aliphatic heterocycles. The highest BCUT2D eigenvalue weighted by atomic mass is 19.4. The van der Waals surface area contributed by atoms with Crippen molar-refractivity contribution >= 4 is 22.8 Å². The summed E-state index contributed by atoms with van der Waals surface area (Å²) in [5.41, 5.74) is 0.342. The number of amides is 2. The van der Waals surface area contributed by atoms with Gasteiger partial charge >= 0.3 is 6.18 Å². The summed E-state index contributed by atoms with van der Waals surface area (Å²) in [4.78, 5) is 33.1. The number of halogens is 3. The number of pyridine rings is 1. The Balaban J connectivity index is 1.68. The topological polar surface area (TPSA) is 82.2 Å². The van der Waals surface area contributed by atoms with Gasteiger partial charge in [-0.05, 0) is 30.2 Å². The molecule has 3 heterocycles. The second kappa shape index (κ2) is 8.25. The molecule has 3 aromatic rings. The molecule has 1 aromatic carbocycles. The van der Waals surface area contributed by atoms with Crippen LogP contribution in [0.5, 0.6) is 0 Å². The molecule has 32 heavy (non-hydrogen) atoms. The highest BCUT2D eigenvalue weighted by Crippen LogP contribution is 2.34. The third-order valence-corrected chi connectivity index (χ3v) is 5.67. The van der Waals surface area contributed by atoms with Gasteiger partial charge in [0.15, 0.2) is 5.65 Å². The minimum Gasteiger partial charge on any atom is -0.342 e. The number of fused-ring (bicyclic) bond motifs is 1. The Labute approximate surface area is 182 Å². The van der Waals surface area contributed by atoms with Crippen LogP contribution in [-0.2, 0) is 11.0 Å². The van der Waals surface area contributed by atoms with Gasteiger partial charge in [-0.25, -0.2) is 4.98 Å². The number of carbonyl (C=O) groups is 2. The number of nitrogens with one attached hydrogen (secondary N) is 1. The van der Waals surface area contributed by atoms with Crippen LogP contribution in [0, 0.1) is 0 Å². The van der Waals surface area contributed by atoms with Gasteiger partial charge < -0.3 is 9.80 Å². The van der Waals surface area contributed by atoms with E-state index in [4.69, 9.17) is 0 Å². The van der Waals surface area contributed by atoms with Crippen LogP contribution in [0.15, 0.2) is 36.5 Å². The van der Waals surface area contributed by atoms with E-state index in [1.165, 1.54) is 12.3 Å². The summed E-state index contributed by atoms with van der Waals surface area (Å²) >= 11 is 0. The van der Waals surface area contributed by atoms with Gasteiger partial charge in [-0.3, -0.25) is 14.7 Å². The lowest BCUT2D eigenvalue weighted by Crippen LogP contribution is -2.57. The number of carbonyl (C=O) groups excluding carboxylic acids is 2. The summed E-state index contributed by atoms with van der Waals surface area (Å²) in [6.45, 7) is 2.83. The molecule has 168 valence electrons. The first-order valence-corrected chi connectivity index (χ1v) is 10.3. The summed E-state index contributed by atoms with van der Waals surface area (Å²) in [5, 5.41) is 5.47. The smallest absolute Gasteiger partial charge is 0.342 e. The van der Waals surface area contributed by atoms with E-state index in [9.17, 15) is 22.8 Å². The van der Waals surface area contributed by atoms with Gasteiger partial charge in [0.05, 0.1) is 5.39 Å². The number of hydrogen-bond acceptors (Lipinski definition) is 4. The second-order valence-corrected chi connectivity index (χ2v) is 7.84. The summed E-state index contributed by atoms with van der Waals surface area (Å²) in [6, 6.07) is 7.46. The van der Waals surface area contributed by atoms with Crippen molar-refractivity contribution in [2.24, 2.45) is 0 Å². The lowest BCUT2D eigenvalue weighted by atomic mass is 10.0. The number of rotatable bonds is 4. The largest absolute Gasteiger partial charge is 0.433 e. The molecule has 0 bridgehead atoms. The van der Waals surface area contributed by atoms with Crippen LogP contribution in [-0.4, -0.2) is 63.0 Å². The standard InChI is InChI=1S/C22H22F3N5O2/c1-3-5-17-21(32)29(2)8-9-30(17)20(31)14-7-4-6-13(10-14)15-11-16-18(22(23,24)25)27-28-19(16)26-12-15/h4,6-7,10-12,17H,3,5,8-9H2,1-2H3,(H,26,27,28). The summed E-state index contributed by atoms with van der Waals surface area (Å²) in [6.07, 6.45) is -1.84. The lowest BCUT2D eigenvalue weighted by Gasteiger charge is -2.39. The molecule has 1 atom stereocenters. The van der Waals surface area contributed by atoms with Crippen molar-refractivity contribution in [3.05, 3.63) is 47.8 Å². The molecule has 7 nitrogen and oxygen atoms in total. The zero-order chi connectivity index (χ0) is 23.0. The van der Waals surface area contributed by atoms with Gasteiger partial charge in [0.1, 0.15) is 11.7 Å². The minimum atomic E-state index is -4.59. The molecule has 1 fully saturated rings. The molecule has 0 saturated carbocycles. The van der Waals surface area contributed by atoms with E-state index in [-0.39, 0.29) is 22.8 Å². The summed E-state index contributed by atoms with van der Waals surface area (Å²) in [5.74, 6) is -0.364. The Bertz CT molecular complexity index is 1170. The third kappa shape index (κ3) is 3.92. The summed E-state index contributed by atoms with van der Waals surface area (Å²) < 4.78 is 39.7. The van der Waals surface area contributed by atoms with Crippen LogP contribution in [0.4, 0.5) is 13.2 Å². The van der Waals surface area contributed by atoms with Gasteiger partial charge in [-0.2, -0.15) is 18.3 Å². The van der Waals surface area contributed by atoms with Gasteiger partial charge in [0.2, 0.25) is 5.91 Å². The molecular formula is C22H22F3N5O2. The zero-order valence-corrected chi connectivity index (χ0v) is 17.6. The van der Waals surface area contributed by atoms with Crippen LogP contribution in [0.2, 0.25) is 0 Å². The first kappa shape index (κ1) is 21.8. The van der Waals surface area contributed by atoms with E-state index in [0.29, 0.717) is 36.2 Å². The number of hydrogen-bond donors (Lipinski definition) is 1. The molecule has 1 unspecified atom stereocenters. The normalized spacial score (nSPS) is 17.3. The zero-order valence-electron chi connectivity index (χ0n) is 17.6. The van der Waals surface area contributed by atoms with Crippen molar-refractivity contribution in [2.45, 2.75) is 32.0 Å². The predicted molar refractivity (Wildman–Crippen MR) is 112 cm³/mol. The SMILES string of the molecule is CCCC1C(=O)N(C)CCN1C(=O)c1cccc(-c2cnc3n[nH]c(C(F)(F)F)c3c2)c1. The third-order valence-electron chi connectivity index (χ3n) is 5.67. The van der Waals surface area contributed by atoms with Crippen molar-refractivity contribution in [1.29, 1.82) is 0 Å². The van der Waals surface area contributed by atoms with E-state index in [1.807, 2.05) is 12.0 Å². The molecule has 10 heteroatoms. The van der Waals surface area contributed by atoms with Crippen LogP contribution >= 0.6 is 0 Å². The monoisotopic (exact) mass is 445 g/mol. The molecule has 1 saturated heterocycles. The fourth-order valence-corrected chi connectivity index (χ4v) is 3.98. The molecule has 2 aromatic heterocycles. The molecule has 4 rings (SSSR count). The van der Waals surface area contributed by atoms with Crippen molar-refractivity contribution < 1.29 is 22.8 Å². The lowest BCUT2D eigenvalue weighted by molar-refractivity contribution is -0.140. The van der Waals surface area contributed by atoms with Crippen LogP contribution in [0.1, 0.15) is 35.8 Å². The number of aromatic amines is 1. The van der Waals surface area contributed by atoms with E-state index >= 15 is 0 Å². The first-order valence-electron chi connectivity index (χ1n) is 10.3. The van der Waals surface area contributed by atoms with Crippen molar-refractivity contribution in [3.8, 4) is 11.1 Å². The fraction of sp³-hybridized carbons (Fsp3) is 0.364. The van der Waals surface area contributed by atoms with Crippen molar-refractivity contribution in [2.75, 3.05) is 20.1 Å². The highest BCUT2D eigenvalue weighted by Gasteiger charge is 2.36. The molecule has 2 amide bonds. The van der Waals surface area contributed by atoms with E-state index in [2.05, 4.69) is 10.1 Å². The number of H-pyrrole nitrogens is 1. The Morgan fingerprint density at radius 1 is 1.22 bits per heavy atom. The Kier molecular flexibility index (Phi) is 5.62. The minimum absolute atomic E-state index is 0.0355. The van der Waals surface area contributed by atoms with Crippen molar-refractivity contribution in [1.82, 2.24) is 25.0 Å². The average molecular weight is 445 g/mol. The second-order valence-electron chi connectivity index (χ2n) is 7.84. The van der Waals surface area contributed by atoms with E-state index in [1.54, 1.807) is 41.1 Å². The quantitative estimate of drug-likeness (QED) is 0.664. The Morgan fingerprint density at radius 2 is 2.00 bits per heavy atom. The molecule has 0 radical (unpaired) electrons. The van der Waals surface area contributed by atoms with Crippen LogP contribution < -0.4 is 0 Å². The number of likely N-dealkylation sites (N-methyl/N-ethyl adjacent to an activating group) is 1. The van der Waals surface area contributed by atoms with Gasteiger partial charge in [-0.1, -0.05) is 25.5 Å². The van der Waals surface area contributed by atoms with E-state index in [0.717, 1.165) is 6.42 Å². The molecule has 0 spiro atoms. The maximum Gasteiger partial charge on any atom is 0.433 e. The summed E-state index contributed by atoms with van der Waals surface area (Å²) in [7, 11) is 1.72. The van der Waals surface area contributed by atoms with Gasteiger partial charge in [0, 0.05) is 37.5 Å². The average Bonchev–Trinajstić information content (AvgIpc) is 3.21. The number of aromatic nitrogens is 3. The number of benzene rings is 1. The Hall–Kier alpha value is -3.43. The van der Waals surface area contributed by atoms with Crippen LogP contribution in [0.3, 0.4) is 0 Å². The predicted octanol–water partition coefficient (Wildman–Crippen LogP) is 3.73. The molecule has 0 aliphatic carbocycles. The van der Waals surface area contributed by atoms with Crippen LogP contribution in [0.25, 0.3) is 22.2 Å². The van der Waals surface area contributed by atoms with Gasteiger partial charge in [0.25, 0.3) is 5.91 Å². The number of alkyl halides is 3. The fourth-order valence-electron chi connectivity index (χ4n) is 3.98.